The van der Waals surface area contributed by atoms with Crippen LogP contribution in [-0.2, 0) is 0 Å². The third-order valence-electron chi connectivity index (χ3n) is 1.33. The van der Waals surface area contributed by atoms with Crippen LogP contribution < -0.4 is 0 Å². The van der Waals surface area contributed by atoms with Crippen molar-refractivity contribution in [3.8, 4) is 0 Å². The number of hydrogen-bond acceptors (Lipinski definition) is 2. The van der Waals surface area contributed by atoms with E-state index in [1.807, 2.05) is 0 Å². The van der Waals surface area contributed by atoms with Gasteiger partial charge in [-0.25, -0.2) is 0 Å². The summed E-state index contributed by atoms with van der Waals surface area (Å²) < 4.78 is 0. The van der Waals surface area contributed by atoms with E-state index in [1.165, 1.54) is 0 Å². The van der Waals surface area contributed by atoms with Crippen molar-refractivity contribution < 1.29 is 4.79 Å². The molecular weight excluding hydrogens is 218 g/mol. The topological polar surface area (TPSA) is 30.0 Å². The van der Waals surface area contributed by atoms with Crippen molar-refractivity contribution in [2.24, 2.45) is 0 Å². The summed E-state index contributed by atoms with van der Waals surface area (Å²) in [6.07, 6.45) is 5.21. The van der Waals surface area contributed by atoms with Crippen LogP contribution in [0.25, 0.3) is 0 Å². The minimum absolute atomic E-state index is 0. The van der Waals surface area contributed by atoms with Gasteiger partial charge in [-0.05, 0) is 12.1 Å². The predicted octanol–water partition coefficient (Wildman–Crippen LogP) is 2.42. The summed E-state index contributed by atoms with van der Waals surface area (Å²) in [6, 6.07) is 3.40. The quantitative estimate of drug-likeness (QED) is 0.587. The summed E-state index contributed by atoms with van der Waals surface area (Å²) in [4.78, 5) is 15.0. The first kappa shape index (κ1) is 11.0. The summed E-state index contributed by atoms with van der Waals surface area (Å²) >= 11 is 0. The second kappa shape index (κ2) is 5.66. The number of carbonyl (C=O) groups excluding carboxylic acids is 1. The lowest BCUT2D eigenvalue weighted by Gasteiger charge is -1.93. The Morgan fingerprint density at radius 2 is 2.08 bits per heavy atom. The average molecular weight is 228 g/mol. The Bertz CT molecular complexity index is 258. The maximum atomic E-state index is 11.1. The molecule has 0 saturated carbocycles. The number of allylic oxidation sites excluding steroid dienone is 1. The second-order valence-corrected chi connectivity index (χ2v) is 2.15. The molecule has 1 aromatic rings. The number of pyridine rings is 1. The number of rotatable bonds is 3. The molecule has 0 N–H and O–H groups in total. The van der Waals surface area contributed by atoms with Crippen molar-refractivity contribution in [2.75, 3.05) is 0 Å². The van der Waals surface area contributed by atoms with Gasteiger partial charge in [0.25, 0.3) is 0 Å². The fourth-order valence-corrected chi connectivity index (χ4v) is 0.787. The molecule has 12 heavy (non-hydrogen) atoms. The van der Waals surface area contributed by atoms with Gasteiger partial charge in [-0.15, -0.1) is 23.6 Å². The highest BCUT2D eigenvalue weighted by Crippen LogP contribution is 2.00. The lowest BCUT2D eigenvalue weighted by molar-refractivity contribution is 0.0996. The highest BCUT2D eigenvalue weighted by Gasteiger charge is 2.00. The molecule has 64 valence electrons. The van der Waals surface area contributed by atoms with E-state index in [-0.39, 0.29) is 22.8 Å². The van der Waals surface area contributed by atoms with E-state index in [1.54, 1.807) is 30.6 Å². The Morgan fingerprint density at radius 3 is 2.58 bits per heavy atom. The smallest absolute Gasteiger partial charge is 0.166 e. The standard InChI is InChI=1S/C9H9NO.BrH/c1-2-3-9(11)8-4-6-10-7-5-8;/h2,4-7H,1,3H2;1H. The molecular formula is C9H10BrNO. The first-order valence-electron chi connectivity index (χ1n) is 3.38. The number of hydrogen-bond donors (Lipinski definition) is 0. The highest BCUT2D eigenvalue weighted by atomic mass is 79.9. The first-order valence-corrected chi connectivity index (χ1v) is 3.38. The van der Waals surface area contributed by atoms with Gasteiger partial charge >= 0.3 is 0 Å². The van der Waals surface area contributed by atoms with Crippen molar-refractivity contribution >= 4 is 22.8 Å². The van der Waals surface area contributed by atoms with Crippen molar-refractivity contribution in [1.29, 1.82) is 0 Å². The Kier molecular flexibility index (Phi) is 5.21. The van der Waals surface area contributed by atoms with Crippen LogP contribution in [-0.4, -0.2) is 10.8 Å². The van der Waals surface area contributed by atoms with Crippen LogP contribution in [0, 0.1) is 0 Å². The summed E-state index contributed by atoms with van der Waals surface area (Å²) in [5, 5.41) is 0. The number of Topliss-reactive ketones (excluding diaryl/α,β-unsaturated/α-hetero) is 1. The van der Waals surface area contributed by atoms with Gasteiger partial charge in [0.2, 0.25) is 0 Å². The Balaban J connectivity index is 0.00000121. The minimum Gasteiger partial charge on any atom is -0.294 e. The largest absolute Gasteiger partial charge is 0.294 e. The van der Waals surface area contributed by atoms with Crippen LogP contribution in [0.15, 0.2) is 37.2 Å². The normalized spacial score (nSPS) is 8.33. The lowest BCUT2D eigenvalue weighted by atomic mass is 10.1. The molecule has 0 aliphatic heterocycles. The number of halogens is 1. The van der Waals surface area contributed by atoms with Gasteiger partial charge in [-0.2, -0.15) is 0 Å². The second-order valence-electron chi connectivity index (χ2n) is 2.15. The summed E-state index contributed by atoms with van der Waals surface area (Å²) in [6.45, 7) is 3.49. The predicted molar refractivity (Wildman–Crippen MR) is 53.7 cm³/mol. The SMILES string of the molecule is Br.C=CCC(=O)c1ccncc1. The van der Waals surface area contributed by atoms with E-state index >= 15 is 0 Å². The summed E-state index contributed by atoms with van der Waals surface area (Å²) in [5.41, 5.74) is 0.694. The van der Waals surface area contributed by atoms with Gasteiger partial charge in [0.15, 0.2) is 5.78 Å². The molecule has 1 rings (SSSR count). The van der Waals surface area contributed by atoms with Crippen LogP contribution in [0.3, 0.4) is 0 Å². The van der Waals surface area contributed by atoms with Gasteiger partial charge in [0.05, 0.1) is 0 Å². The molecule has 0 aliphatic carbocycles. The lowest BCUT2D eigenvalue weighted by Crippen LogP contribution is -1.95. The zero-order valence-electron chi connectivity index (χ0n) is 6.56. The van der Waals surface area contributed by atoms with Crippen LogP contribution in [0.4, 0.5) is 0 Å². The van der Waals surface area contributed by atoms with Crippen molar-refractivity contribution in [3.63, 3.8) is 0 Å². The van der Waals surface area contributed by atoms with E-state index in [0.717, 1.165) is 0 Å². The van der Waals surface area contributed by atoms with E-state index in [9.17, 15) is 4.79 Å². The maximum absolute atomic E-state index is 11.1. The van der Waals surface area contributed by atoms with Crippen LogP contribution in [0.1, 0.15) is 16.8 Å². The number of nitrogens with zero attached hydrogens (tertiary/aromatic N) is 1. The van der Waals surface area contributed by atoms with Crippen LogP contribution in [0.2, 0.25) is 0 Å². The molecule has 0 aromatic carbocycles. The minimum atomic E-state index is 0. The number of aromatic nitrogens is 1. The van der Waals surface area contributed by atoms with E-state index in [0.29, 0.717) is 12.0 Å². The Morgan fingerprint density at radius 1 is 1.50 bits per heavy atom. The third kappa shape index (κ3) is 2.96. The third-order valence-corrected chi connectivity index (χ3v) is 1.33. The van der Waals surface area contributed by atoms with E-state index in [2.05, 4.69) is 11.6 Å². The van der Waals surface area contributed by atoms with Gasteiger partial charge in [-0.1, -0.05) is 6.08 Å². The molecule has 0 saturated heterocycles. The van der Waals surface area contributed by atoms with Gasteiger partial charge in [-0.3, -0.25) is 9.78 Å². The van der Waals surface area contributed by atoms with Gasteiger partial charge in [0.1, 0.15) is 0 Å². The monoisotopic (exact) mass is 227 g/mol. The van der Waals surface area contributed by atoms with E-state index in [4.69, 9.17) is 0 Å². The molecule has 0 amide bonds. The molecule has 0 bridgehead atoms. The van der Waals surface area contributed by atoms with Crippen molar-refractivity contribution in [3.05, 3.63) is 42.7 Å². The molecule has 0 fully saturated rings. The zero-order chi connectivity index (χ0) is 8.10. The average Bonchev–Trinajstić information content (AvgIpc) is 2.07. The Hall–Kier alpha value is -0.960. The zero-order valence-corrected chi connectivity index (χ0v) is 8.28. The van der Waals surface area contributed by atoms with Gasteiger partial charge < -0.3 is 0 Å². The fourth-order valence-electron chi connectivity index (χ4n) is 0.787. The maximum Gasteiger partial charge on any atom is 0.166 e. The first-order chi connectivity index (χ1) is 5.34. The molecule has 0 unspecified atom stereocenters. The van der Waals surface area contributed by atoms with Crippen molar-refractivity contribution in [2.45, 2.75) is 6.42 Å². The molecule has 0 radical (unpaired) electrons. The van der Waals surface area contributed by atoms with Crippen LogP contribution >= 0.6 is 17.0 Å². The number of carbonyl (C=O) groups is 1. The summed E-state index contributed by atoms with van der Waals surface area (Å²) in [5.74, 6) is 0.0856. The molecule has 2 nitrogen and oxygen atoms in total. The molecule has 3 heteroatoms. The number of ketones is 1. The fraction of sp³-hybridized carbons (Fsp3) is 0.111. The molecule has 1 aromatic heterocycles. The molecule has 1 heterocycles. The van der Waals surface area contributed by atoms with E-state index < -0.39 is 0 Å². The molecule has 0 atom stereocenters. The molecule has 0 aliphatic rings. The molecule has 0 spiro atoms. The van der Waals surface area contributed by atoms with Crippen molar-refractivity contribution in [1.82, 2.24) is 4.98 Å². The van der Waals surface area contributed by atoms with Gasteiger partial charge in [0, 0.05) is 24.4 Å². The Labute approximate surface area is 82.1 Å². The highest BCUT2D eigenvalue weighted by molar-refractivity contribution is 8.93. The summed E-state index contributed by atoms with van der Waals surface area (Å²) in [7, 11) is 0. The van der Waals surface area contributed by atoms with Crippen LogP contribution in [0.5, 0.6) is 0 Å².